The lowest BCUT2D eigenvalue weighted by Gasteiger charge is -2.30. The van der Waals surface area contributed by atoms with Crippen molar-refractivity contribution < 1.29 is 38.2 Å². The summed E-state index contributed by atoms with van der Waals surface area (Å²) >= 11 is 1.53. The number of likely N-dealkylation sites (tertiary alicyclic amines) is 2. The number of benzene rings is 1. The van der Waals surface area contributed by atoms with Crippen molar-refractivity contribution in [3.63, 3.8) is 0 Å². The van der Waals surface area contributed by atoms with E-state index < -0.39 is 36.4 Å². The van der Waals surface area contributed by atoms with Crippen LogP contribution in [0.15, 0.2) is 53.7 Å². The van der Waals surface area contributed by atoms with E-state index in [1.807, 2.05) is 50.9 Å². The predicted octanol–water partition coefficient (Wildman–Crippen LogP) is 3.03. The van der Waals surface area contributed by atoms with E-state index in [-0.39, 0.29) is 35.5 Å². The molecule has 17 heteroatoms. The van der Waals surface area contributed by atoms with Crippen LogP contribution in [-0.4, -0.2) is 102 Å². The van der Waals surface area contributed by atoms with Gasteiger partial charge in [-0.25, -0.2) is 9.59 Å². The maximum absolute atomic E-state index is 13.4. The zero-order valence-corrected chi connectivity index (χ0v) is 31.6. The molecule has 4 aliphatic heterocycles. The van der Waals surface area contributed by atoms with Gasteiger partial charge in [-0.3, -0.25) is 19.2 Å². The number of ether oxygens (including phenoxy) is 2. The number of hydrogen-bond acceptors (Lipinski definition) is 11. The standard InChI is InChI=1S/C36H48N8O8S/c1-20(2)29(40-35(49)51-5)33(47)43-15-7-9-24(43)31(45)38-23-13-11-22(12-14-23)26-18-42-19-27(37-17-28(42)53-26)39-32(46)25-10-8-16-44(25)34(48)30(21(3)4)41-36(50)52-6/h11-14,17-21,24-25,29-30,37H,7-10,15-16H2,1-6H3,(H,38,45)(H,39,46)(H,40,49)(H,41,50)/t24?,25?,29-,30-/m0/s1. The number of rotatable bonds is 11. The van der Waals surface area contributed by atoms with E-state index in [2.05, 4.69) is 36.1 Å². The number of anilines is 1. The summed E-state index contributed by atoms with van der Waals surface area (Å²) in [4.78, 5) is 83.1. The number of methoxy groups -OCH3 is 2. The maximum atomic E-state index is 13.4. The number of alkyl carbamates (subject to hydrolysis) is 2. The van der Waals surface area contributed by atoms with Gasteiger partial charge in [0, 0.05) is 36.1 Å². The van der Waals surface area contributed by atoms with Gasteiger partial charge in [0.25, 0.3) is 0 Å². The summed E-state index contributed by atoms with van der Waals surface area (Å²) in [5.74, 6) is -1.23. The Morgan fingerprint density at radius 3 is 1.75 bits per heavy atom. The third-order valence-corrected chi connectivity index (χ3v) is 10.6. The van der Waals surface area contributed by atoms with E-state index in [9.17, 15) is 28.8 Å². The van der Waals surface area contributed by atoms with Crippen LogP contribution in [-0.2, 0) is 28.7 Å². The molecule has 6 amide bonds. The molecule has 0 aromatic heterocycles. The maximum Gasteiger partial charge on any atom is 0.407 e. The molecular weight excluding hydrogens is 705 g/mol. The van der Waals surface area contributed by atoms with Crippen molar-refractivity contribution in [2.45, 2.75) is 77.5 Å². The number of carbonyl (C=O) groups is 6. The van der Waals surface area contributed by atoms with Gasteiger partial charge in [-0.15, -0.1) is 0 Å². The minimum Gasteiger partial charge on any atom is -0.453 e. The third kappa shape index (κ3) is 9.07. The van der Waals surface area contributed by atoms with Gasteiger partial charge < -0.3 is 50.8 Å². The zero-order valence-electron chi connectivity index (χ0n) is 30.8. The van der Waals surface area contributed by atoms with Crippen LogP contribution in [0.1, 0.15) is 58.9 Å². The molecule has 0 saturated carbocycles. The Hall–Kier alpha value is -5.19. The number of fused-ring (bicyclic) bond motifs is 1. The van der Waals surface area contributed by atoms with E-state index in [4.69, 9.17) is 0 Å². The fraction of sp³-hybridized carbons (Fsp3) is 0.500. The van der Waals surface area contributed by atoms with E-state index in [0.717, 1.165) is 15.5 Å². The molecule has 4 heterocycles. The Morgan fingerprint density at radius 2 is 1.26 bits per heavy atom. The summed E-state index contributed by atoms with van der Waals surface area (Å²) in [7, 11) is 2.47. The third-order valence-electron chi connectivity index (χ3n) is 9.50. The van der Waals surface area contributed by atoms with Crippen molar-refractivity contribution in [1.29, 1.82) is 0 Å². The predicted molar refractivity (Wildman–Crippen MR) is 198 cm³/mol. The van der Waals surface area contributed by atoms with E-state index in [1.54, 1.807) is 24.5 Å². The van der Waals surface area contributed by atoms with Gasteiger partial charge in [0.05, 0.1) is 20.4 Å². The van der Waals surface area contributed by atoms with Crippen LogP contribution in [0.25, 0.3) is 4.91 Å². The normalized spacial score (nSPS) is 20.4. The topological polar surface area (TPSA) is 191 Å². The van der Waals surface area contributed by atoms with Crippen molar-refractivity contribution in [3.8, 4) is 0 Å². The lowest BCUT2D eigenvalue weighted by atomic mass is 10.0. The number of nitrogens with one attached hydrogen (secondary N) is 5. The van der Waals surface area contributed by atoms with E-state index in [0.29, 0.717) is 50.3 Å². The summed E-state index contributed by atoms with van der Waals surface area (Å²) in [6.45, 7) is 8.11. The van der Waals surface area contributed by atoms with Crippen LogP contribution in [0.3, 0.4) is 0 Å². The molecular formula is C36H48N8O8S. The Bertz CT molecular complexity index is 1690. The SMILES string of the molecule is COC(=O)N[C@H](C(=O)N1CCCC1C(=O)NC1=CN2C=C(c3ccc(NC(=O)C4CCCN4C(=O)[C@@H](NC(=O)OC)C(C)C)cc3)SC2=CN1)C(C)C. The molecule has 1 aromatic rings. The zero-order chi connectivity index (χ0) is 38.4. The molecule has 4 aliphatic rings. The highest BCUT2D eigenvalue weighted by molar-refractivity contribution is 8.12. The molecule has 0 aliphatic carbocycles. The highest BCUT2D eigenvalue weighted by atomic mass is 32.2. The largest absolute Gasteiger partial charge is 0.453 e. The van der Waals surface area contributed by atoms with Crippen LogP contribution in [0.5, 0.6) is 0 Å². The van der Waals surface area contributed by atoms with Crippen molar-refractivity contribution in [2.24, 2.45) is 11.8 Å². The van der Waals surface area contributed by atoms with Gasteiger partial charge in [0.1, 0.15) is 35.0 Å². The van der Waals surface area contributed by atoms with E-state index >= 15 is 0 Å². The molecule has 2 saturated heterocycles. The Kier molecular flexibility index (Phi) is 12.6. The van der Waals surface area contributed by atoms with Crippen LogP contribution < -0.4 is 26.6 Å². The van der Waals surface area contributed by atoms with Crippen LogP contribution in [0.4, 0.5) is 15.3 Å². The van der Waals surface area contributed by atoms with Crippen LogP contribution in [0.2, 0.25) is 0 Å². The molecule has 0 bridgehead atoms. The second kappa shape index (κ2) is 17.1. The molecule has 53 heavy (non-hydrogen) atoms. The molecule has 4 atom stereocenters. The summed E-state index contributed by atoms with van der Waals surface area (Å²) in [6, 6.07) is 4.41. The molecule has 5 rings (SSSR count). The number of thioether (sulfide) groups is 1. The average Bonchev–Trinajstić information content (AvgIpc) is 3.92. The lowest BCUT2D eigenvalue weighted by Crippen LogP contribution is -2.55. The molecule has 16 nitrogen and oxygen atoms in total. The quantitative estimate of drug-likeness (QED) is 0.223. The van der Waals surface area contributed by atoms with Gasteiger partial charge in [-0.1, -0.05) is 51.6 Å². The highest BCUT2D eigenvalue weighted by Gasteiger charge is 2.40. The van der Waals surface area contributed by atoms with Crippen LogP contribution in [0, 0.1) is 11.8 Å². The second-order valence-corrected chi connectivity index (χ2v) is 14.9. The Balaban J connectivity index is 1.18. The first-order valence-electron chi connectivity index (χ1n) is 17.7. The van der Waals surface area contributed by atoms with Gasteiger partial charge in [-0.05, 0) is 55.2 Å². The fourth-order valence-corrected chi connectivity index (χ4v) is 7.60. The number of amides is 6. The monoisotopic (exact) mass is 752 g/mol. The van der Waals surface area contributed by atoms with Gasteiger partial charge in [-0.2, -0.15) is 0 Å². The molecule has 1 aromatic carbocycles. The highest BCUT2D eigenvalue weighted by Crippen LogP contribution is 2.43. The number of hydrogen-bond donors (Lipinski definition) is 5. The molecule has 0 spiro atoms. The smallest absolute Gasteiger partial charge is 0.407 e. The molecule has 0 radical (unpaired) electrons. The minimum absolute atomic E-state index is 0.198. The van der Waals surface area contributed by atoms with Crippen LogP contribution >= 0.6 is 11.8 Å². The van der Waals surface area contributed by atoms with Gasteiger partial charge in [0.2, 0.25) is 23.6 Å². The van der Waals surface area contributed by atoms with Crippen molar-refractivity contribution in [3.05, 3.63) is 59.3 Å². The van der Waals surface area contributed by atoms with E-state index in [1.165, 1.54) is 35.8 Å². The first kappa shape index (κ1) is 39.0. The fourth-order valence-electron chi connectivity index (χ4n) is 6.63. The first-order chi connectivity index (χ1) is 25.3. The van der Waals surface area contributed by atoms with Crippen molar-refractivity contribution in [2.75, 3.05) is 32.6 Å². The first-order valence-corrected chi connectivity index (χ1v) is 18.5. The second-order valence-electron chi connectivity index (χ2n) is 13.8. The lowest BCUT2D eigenvalue weighted by molar-refractivity contribution is -0.140. The molecule has 2 unspecified atom stereocenters. The summed E-state index contributed by atoms with van der Waals surface area (Å²) in [6.07, 6.45) is 6.42. The van der Waals surface area contributed by atoms with Crippen molar-refractivity contribution in [1.82, 2.24) is 36.0 Å². The minimum atomic E-state index is -0.821. The van der Waals surface area contributed by atoms with Gasteiger partial charge >= 0.3 is 12.2 Å². The molecule has 5 N–H and O–H groups in total. The number of nitrogens with zero attached hydrogens (tertiary/aromatic N) is 3. The molecule has 286 valence electrons. The van der Waals surface area contributed by atoms with Crippen molar-refractivity contribution >= 4 is 58.2 Å². The molecule has 2 fully saturated rings. The van der Waals surface area contributed by atoms with Gasteiger partial charge in [0.15, 0.2) is 0 Å². The Morgan fingerprint density at radius 1 is 0.755 bits per heavy atom. The summed E-state index contributed by atoms with van der Waals surface area (Å²) in [5.41, 5.74) is 1.49. The summed E-state index contributed by atoms with van der Waals surface area (Å²) in [5, 5.41) is 15.0. The summed E-state index contributed by atoms with van der Waals surface area (Å²) < 4.78 is 9.37. The number of carbonyl (C=O) groups excluding carboxylic acids is 6. The average molecular weight is 753 g/mol. The Labute approximate surface area is 313 Å².